The SMILES string of the molecule is CC1CS(=O)(=O)CCN1CC(CNS(=O)(=O)c1cccs1)N=C1C=CC(C(C)(O)C(F)(F)F)CC1. The average molecular weight is 558 g/mol. The van der Waals surface area contributed by atoms with Crippen molar-refractivity contribution in [2.75, 3.05) is 31.1 Å². The third-order valence-electron chi connectivity index (χ3n) is 6.40. The van der Waals surface area contributed by atoms with Gasteiger partial charge in [-0.25, -0.2) is 21.6 Å². The van der Waals surface area contributed by atoms with Crippen LogP contribution in [0, 0.1) is 5.92 Å². The molecule has 14 heteroatoms. The second-order valence-corrected chi connectivity index (χ2v) is 14.3. The van der Waals surface area contributed by atoms with Gasteiger partial charge < -0.3 is 5.11 Å². The van der Waals surface area contributed by atoms with E-state index < -0.39 is 43.6 Å². The van der Waals surface area contributed by atoms with Crippen LogP contribution in [0.3, 0.4) is 0 Å². The van der Waals surface area contributed by atoms with Gasteiger partial charge >= 0.3 is 6.18 Å². The zero-order chi connectivity index (χ0) is 26.1. The fraction of sp³-hybridized carbons (Fsp3) is 0.667. The number of alkyl halides is 3. The summed E-state index contributed by atoms with van der Waals surface area (Å²) in [5.74, 6) is -1.13. The second-order valence-electron chi connectivity index (χ2n) is 9.17. The molecule has 4 atom stereocenters. The molecule has 1 aliphatic carbocycles. The van der Waals surface area contributed by atoms with E-state index >= 15 is 0 Å². The third-order valence-corrected chi connectivity index (χ3v) is 11.0. The molecule has 0 spiro atoms. The van der Waals surface area contributed by atoms with Crippen LogP contribution in [0.15, 0.2) is 38.9 Å². The van der Waals surface area contributed by atoms with Crippen molar-refractivity contribution in [3.8, 4) is 0 Å². The highest BCUT2D eigenvalue weighted by molar-refractivity contribution is 7.91. The van der Waals surface area contributed by atoms with Gasteiger partial charge in [-0.2, -0.15) is 13.2 Å². The van der Waals surface area contributed by atoms with Crippen LogP contribution >= 0.6 is 11.3 Å². The minimum absolute atomic E-state index is 0.00430. The van der Waals surface area contributed by atoms with Crippen LogP contribution in [0.5, 0.6) is 0 Å². The normalized spacial score (nSPS) is 27.5. The Bertz CT molecular complexity index is 1150. The van der Waals surface area contributed by atoms with Gasteiger partial charge in [0.1, 0.15) is 4.21 Å². The lowest BCUT2D eigenvalue weighted by Crippen LogP contribution is -2.51. The molecule has 0 bridgehead atoms. The van der Waals surface area contributed by atoms with E-state index in [-0.39, 0.29) is 54.2 Å². The van der Waals surface area contributed by atoms with Gasteiger partial charge in [-0.05, 0) is 44.2 Å². The molecular formula is C21H30F3N3O5S3. The first-order valence-corrected chi connectivity index (χ1v) is 15.3. The maximum absolute atomic E-state index is 13.2. The number of nitrogens with one attached hydrogen (secondary N) is 1. The van der Waals surface area contributed by atoms with E-state index in [0.29, 0.717) is 5.71 Å². The number of aliphatic hydroxyl groups is 1. The van der Waals surface area contributed by atoms with E-state index in [0.717, 1.165) is 18.3 Å². The molecule has 1 fully saturated rings. The standard InChI is InChI=1S/C21H30F3N3O5S3/c1-15-14-34(29,30)11-9-27(15)13-18(12-25-35(31,32)19-4-3-10-33-19)26-17-7-5-16(6-8-17)20(2,28)21(22,23)24/h3-5,7,10,15-16,18,25,28H,6,8-9,11-14H2,1-2H3. The topological polar surface area (TPSA) is 116 Å². The molecule has 1 aromatic rings. The van der Waals surface area contributed by atoms with Crippen molar-refractivity contribution >= 4 is 36.9 Å². The molecule has 1 saturated heterocycles. The molecule has 35 heavy (non-hydrogen) atoms. The van der Waals surface area contributed by atoms with Crippen molar-refractivity contribution in [1.29, 1.82) is 0 Å². The smallest absolute Gasteiger partial charge is 0.380 e. The first kappa shape index (κ1) is 28.3. The molecule has 1 aromatic heterocycles. The average Bonchev–Trinajstić information content (AvgIpc) is 3.29. The fourth-order valence-corrected chi connectivity index (χ4v) is 7.89. The van der Waals surface area contributed by atoms with E-state index in [2.05, 4.69) is 9.71 Å². The van der Waals surface area contributed by atoms with Gasteiger partial charge in [0.2, 0.25) is 10.0 Å². The number of hydrogen-bond donors (Lipinski definition) is 2. The zero-order valence-electron chi connectivity index (χ0n) is 19.4. The Morgan fingerprint density at radius 2 is 2.09 bits per heavy atom. The Balaban J connectivity index is 1.77. The van der Waals surface area contributed by atoms with E-state index in [1.807, 2.05) is 4.90 Å². The number of aliphatic imine (C=N–C) groups is 1. The van der Waals surface area contributed by atoms with Crippen LogP contribution < -0.4 is 4.72 Å². The maximum Gasteiger partial charge on any atom is 0.417 e. The number of hydrogen-bond acceptors (Lipinski definition) is 8. The van der Waals surface area contributed by atoms with Gasteiger partial charge in [0.25, 0.3) is 0 Å². The van der Waals surface area contributed by atoms with Gasteiger partial charge in [0.05, 0.1) is 17.5 Å². The first-order chi connectivity index (χ1) is 16.1. The Kier molecular flexibility index (Phi) is 8.54. The summed E-state index contributed by atoms with van der Waals surface area (Å²) in [6.07, 6.45) is -1.82. The van der Waals surface area contributed by atoms with Crippen molar-refractivity contribution < 1.29 is 35.1 Å². The number of halogens is 3. The van der Waals surface area contributed by atoms with Crippen LogP contribution in [0.2, 0.25) is 0 Å². The molecule has 0 saturated carbocycles. The highest BCUT2D eigenvalue weighted by Crippen LogP contribution is 2.40. The monoisotopic (exact) mass is 557 g/mol. The van der Waals surface area contributed by atoms with Crippen LogP contribution in [0.1, 0.15) is 26.7 Å². The summed E-state index contributed by atoms with van der Waals surface area (Å²) in [5.41, 5.74) is -2.36. The lowest BCUT2D eigenvalue weighted by Gasteiger charge is -2.36. The van der Waals surface area contributed by atoms with Gasteiger partial charge in [0, 0.05) is 37.3 Å². The predicted octanol–water partition coefficient (Wildman–Crippen LogP) is 2.23. The molecule has 198 valence electrons. The highest BCUT2D eigenvalue weighted by Gasteiger charge is 2.54. The van der Waals surface area contributed by atoms with Gasteiger partial charge in [-0.3, -0.25) is 9.89 Å². The number of rotatable bonds is 8. The summed E-state index contributed by atoms with van der Waals surface area (Å²) < 4.78 is 91.3. The molecule has 0 radical (unpaired) electrons. The van der Waals surface area contributed by atoms with Crippen LogP contribution in [-0.2, 0) is 19.9 Å². The van der Waals surface area contributed by atoms with Gasteiger partial charge in [0.15, 0.2) is 15.4 Å². The Labute approximate surface area is 207 Å². The zero-order valence-corrected chi connectivity index (χ0v) is 21.9. The van der Waals surface area contributed by atoms with Crippen molar-refractivity contribution in [2.45, 2.75) is 54.8 Å². The summed E-state index contributed by atoms with van der Waals surface area (Å²) in [5, 5.41) is 11.6. The third kappa shape index (κ3) is 7.13. The Morgan fingerprint density at radius 3 is 2.63 bits per heavy atom. The number of nitrogens with zero attached hydrogens (tertiary/aromatic N) is 2. The molecule has 0 aromatic carbocycles. The van der Waals surface area contributed by atoms with Crippen LogP contribution in [0.25, 0.3) is 0 Å². The Hall–Kier alpha value is -1.32. The van der Waals surface area contributed by atoms with Crippen molar-refractivity contribution in [2.24, 2.45) is 10.9 Å². The van der Waals surface area contributed by atoms with Crippen molar-refractivity contribution in [1.82, 2.24) is 9.62 Å². The molecule has 2 heterocycles. The summed E-state index contributed by atoms with van der Waals surface area (Å²) in [4.78, 5) is 6.55. The maximum atomic E-state index is 13.2. The number of allylic oxidation sites excluding steroid dienone is 1. The van der Waals surface area contributed by atoms with Crippen molar-refractivity contribution in [3.05, 3.63) is 29.7 Å². The molecule has 4 unspecified atom stereocenters. The number of thiophene rings is 1. The summed E-state index contributed by atoms with van der Waals surface area (Å²) in [6, 6.07) is 2.22. The minimum Gasteiger partial charge on any atom is -0.380 e. The molecule has 8 nitrogen and oxygen atoms in total. The van der Waals surface area contributed by atoms with Crippen LogP contribution in [0.4, 0.5) is 13.2 Å². The molecule has 0 amide bonds. The lowest BCUT2D eigenvalue weighted by molar-refractivity contribution is -0.267. The fourth-order valence-electron chi connectivity index (χ4n) is 4.15. The van der Waals surface area contributed by atoms with Crippen molar-refractivity contribution in [3.63, 3.8) is 0 Å². The minimum atomic E-state index is -4.77. The summed E-state index contributed by atoms with van der Waals surface area (Å²) >= 11 is 1.07. The van der Waals surface area contributed by atoms with Gasteiger partial charge in [-0.1, -0.05) is 12.1 Å². The predicted molar refractivity (Wildman–Crippen MR) is 129 cm³/mol. The highest BCUT2D eigenvalue weighted by atomic mass is 32.2. The van der Waals surface area contributed by atoms with E-state index in [1.54, 1.807) is 18.4 Å². The second kappa shape index (κ2) is 10.6. The Morgan fingerprint density at radius 1 is 1.37 bits per heavy atom. The van der Waals surface area contributed by atoms with E-state index in [4.69, 9.17) is 0 Å². The summed E-state index contributed by atoms with van der Waals surface area (Å²) in [6.45, 7) is 3.04. The summed E-state index contributed by atoms with van der Waals surface area (Å²) in [7, 11) is -6.90. The largest absolute Gasteiger partial charge is 0.417 e. The molecule has 2 aliphatic rings. The van der Waals surface area contributed by atoms with E-state index in [1.165, 1.54) is 18.2 Å². The number of sulfone groups is 1. The molecule has 3 rings (SSSR count). The van der Waals surface area contributed by atoms with E-state index in [9.17, 15) is 35.1 Å². The number of sulfonamides is 1. The molecule has 2 N–H and O–H groups in total. The van der Waals surface area contributed by atoms with Crippen LogP contribution in [-0.4, -0.2) is 87.6 Å². The quantitative estimate of drug-likeness (QED) is 0.507. The first-order valence-electron chi connectivity index (χ1n) is 11.1. The molecular weight excluding hydrogens is 527 g/mol. The molecule has 1 aliphatic heterocycles. The van der Waals surface area contributed by atoms with Gasteiger partial charge in [-0.15, -0.1) is 11.3 Å². The lowest BCUT2D eigenvalue weighted by atomic mass is 9.81.